The van der Waals surface area contributed by atoms with Gasteiger partial charge in [-0.25, -0.2) is 8.70 Å². The van der Waals surface area contributed by atoms with Crippen molar-refractivity contribution in [2.45, 2.75) is 5.75 Å². The number of rotatable bonds is 10. The zero-order valence-electron chi connectivity index (χ0n) is 16.1. The molecule has 0 saturated heterocycles. The Morgan fingerprint density at radius 2 is 1.79 bits per heavy atom. The van der Waals surface area contributed by atoms with Crippen LogP contribution in [0.15, 0.2) is 48.5 Å². The first-order chi connectivity index (χ1) is 13.7. The van der Waals surface area contributed by atoms with Crippen LogP contribution in [0, 0.1) is 5.82 Å². The van der Waals surface area contributed by atoms with Crippen LogP contribution in [0.5, 0.6) is 0 Å². The first-order valence-electron chi connectivity index (χ1n) is 8.75. The van der Waals surface area contributed by atoms with Crippen molar-refractivity contribution in [3.05, 3.63) is 64.9 Å². The molecule has 0 heterocycles. The smallest absolute Gasteiger partial charge is 0.304 e. The molecule has 158 valence electrons. The number of thioether (sulfide) groups is 1. The minimum Gasteiger partial charge on any atom is -0.354 e. The van der Waals surface area contributed by atoms with Crippen molar-refractivity contribution < 1.29 is 17.6 Å². The summed E-state index contributed by atoms with van der Waals surface area (Å²) in [6, 6.07) is 12.5. The van der Waals surface area contributed by atoms with Gasteiger partial charge in [-0.2, -0.15) is 24.5 Å². The highest BCUT2D eigenvalue weighted by molar-refractivity contribution is 7.98. The van der Waals surface area contributed by atoms with Crippen LogP contribution in [0.25, 0.3) is 0 Å². The van der Waals surface area contributed by atoms with Gasteiger partial charge in [-0.05, 0) is 35.9 Å². The second-order valence-corrected chi connectivity index (χ2v) is 9.85. The number of hydrogen-bond acceptors (Lipinski definition) is 4. The average molecular weight is 460 g/mol. The summed E-state index contributed by atoms with van der Waals surface area (Å²) < 4.78 is 40.3. The molecule has 1 amide bonds. The monoisotopic (exact) mass is 459 g/mol. The maximum absolute atomic E-state index is 13.2. The summed E-state index contributed by atoms with van der Waals surface area (Å²) in [5.74, 6) is 0.425. The standard InChI is InChI=1S/C19H23ClFN3O3S2/c1-23(2)29(26,27)24(17-9-7-16(21)8-10-17)13-19(25)22-11-12-28-14-15-5-3-4-6-18(15)20/h3-10H,11-14H2,1-2H3,(H,22,25). The van der Waals surface area contributed by atoms with Gasteiger partial charge in [-0.3, -0.25) is 4.79 Å². The first kappa shape index (κ1) is 23.5. The molecule has 0 atom stereocenters. The van der Waals surface area contributed by atoms with Crippen LogP contribution in [0.3, 0.4) is 0 Å². The van der Waals surface area contributed by atoms with E-state index in [0.29, 0.717) is 23.1 Å². The number of amides is 1. The summed E-state index contributed by atoms with van der Waals surface area (Å²) in [5, 5.41) is 3.42. The van der Waals surface area contributed by atoms with Crippen LogP contribution in [0.2, 0.25) is 5.02 Å². The third-order valence-electron chi connectivity index (χ3n) is 3.93. The molecule has 2 aromatic rings. The van der Waals surface area contributed by atoms with E-state index in [1.165, 1.54) is 26.2 Å². The second kappa shape index (κ2) is 10.8. The Labute approximate surface area is 180 Å². The predicted molar refractivity (Wildman–Crippen MR) is 117 cm³/mol. The fraction of sp³-hybridized carbons (Fsp3) is 0.316. The Morgan fingerprint density at radius 1 is 1.14 bits per heavy atom. The summed E-state index contributed by atoms with van der Waals surface area (Å²) in [4.78, 5) is 12.3. The SMILES string of the molecule is CN(C)S(=O)(=O)N(CC(=O)NCCSCc1ccccc1Cl)c1ccc(F)cc1. The number of carbonyl (C=O) groups is 1. The van der Waals surface area contributed by atoms with Gasteiger partial charge in [-0.15, -0.1) is 0 Å². The maximum Gasteiger partial charge on any atom is 0.304 e. The molecule has 0 unspecified atom stereocenters. The highest BCUT2D eigenvalue weighted by Gasteiger charge is 2.27. The zero-order chi connectivity index (χ0) is 21.4. The lowest BCUT2D eigenvalue weighted by molar-refractivity contribution is -0.119. The molecule has 0 saturated carbocycles. The summed E-state index contributed by atoms with van der Waals surface area (Å²) in [6.07, 6.45) is 0. The van der Waals surface area contributed by atoms with E-state index in [2.05, 4.69) is 5.32 Å². The molecule has 0 radical (unpaired) electrons. The van der Waals surface area contributed by atoms with Crippen molar-refractivity contribution in [1.29, 1.82) is 0 Å². The lowest BCUT2D eigenvalue weighted by Gasteiger charge is -2.26. The molecule has 0 bridgehead atoms. The van der Waals surface area contributed by atoms with Gasteiger partial charge in [0.2, 0.25) is 5.91 Å². The van der Waals surface area contributed by atoms with E-state index in [1.54, 1.807) is 11.8 Å². The molecule has 0 aliphatic rings. The number of hydrogen-bond donors (Lipinski definition) is 1. The van der Waals surface area contributed by atoms with Crippen molar-refractivity contribution in [1.82, 2.24) is 9.62 Å². The van der Waals surface area contributed by atoms with Gasteiger partial charge in [0.25, 0.3) is 0 Å². The number of carbonyl (C=O) groups excluding carboxylic acids is 1. The van der Waals surface area contributed by atoms with Crippen LogP contribution in [-0.4, -0.2) is 51.6 Å². The molecule has 0 aliphatic heterocycles. The minimum atomic E-state index is -3.91. The molecular formula is C19H23ClFN3O3S2. The fourth-order valence-electron chi connectivity index (χ4n) is 2.36. The Hall–Kier alpha value is -1.81. The van der Waals surface area contributed by atoms with Gasteiger partial charge < -0.3 is 5.32 Å². The van der Waals surface area contributed by atoms with Crippen LogP contribution < -0.4 is 9.62 Å². The average Bonchev–Trinajstić information content (AvgIpc) is 2.68. The molecule has 0 aromatic heterocycles. The number of halogens is 2. The lowest BCUT2D eigenvalue weighted by Crippen LogP contribution is -2.46. The minimum absolute atomic E-state index is 0.211. The van der Waals surface area contributed by atoms with E-state index in [4.69, 9.17) is 11.6 Å². The number of nitrogens with one attached hydrogen (secondary N) is 1. The third-order valence-corrected chi connectivity index (χ3v) is 7.12. The van der Waals surface area contributed by atoms with E-state index in [-0.39, 0.29) is 5.69 Å². The largest absolute Gasteiger partial charge is 0.354 e. The fourth-order valence-corrected chi connectivity index (χ4v) is 4.56. The van der Waals surface area contributed by atoms with E-state index < -0.39 is 28.5 Å². The Morgan fingerprint density at radius 3 is 2.41 bits per heavy atom. The lowest BCUT2D eigenvalue weighted by atomic mass is 10.2. The van der Waals surface area contributed by atoms with Crippen molar-refractivity contribution in [3.8, 4) is 0 Å². The van der Waals surface area contributed by atoms with Gasteiger partial charge in [0, 0.05) is 37.2 Å². The number of anilines is 1. The highest BCUT2D eigenvalue weighted by Crippen LogP contribution is 2.21. The molecule has 29 heavy (non-hydrogen) atoms. The van der Waals surface area contributed by atoms with Gasteiger partial charge in [0.05, 0.1) is 5.69 Å². The maximum atomic E-state index is 13.2. The van der Waals surface area contributed by atoms with E-state index in [1.807, 2.05) is 24.3 Å². The number of benzene rings is 2. The Kier molecular flexibility index (Phi) is 8.76. The van der Waals surface area contributed by atoms with Crippen molar-refractivity contribution >= 4 is 45.2 Å². The molecule has 2 aromatic carbocycles. The van der Waals surface area contributed by atoms with E-state index in [9.17, 15) is 17.6 Å². The van der Waals surface area contributed by atoms with Gasteiger partial charge in [0.1, 0.15) is 12.4 Å². The van der Waals surface area contributed by atoms with E-state index >= 15 is 0 Å². The van der Waals surface area contributed by atoms with Crippen LogP contribution in [-0.2, 0) is 20.8 Å². The summed E-state index contributed by atoms with van der Waals surface area (Å²) in [7, 11) is -1.17. The Bertz CT molecular complexity index is 925. The second-order valence-electron chi connectivity index (χ2n) is 6.27. The quantitative estimate of drug-likeness (QED) is 0.554. The molecular weight excluding hydrogens is 437 g/mol. The molecule has 1 N–H and O–H groups in total. The summed E-state index contributed by atoms with van der Waals surface area (Å²) >= 11 is 7.72. The predicted octanol–water partition coefficient (Wildman–Crippen LogP) is 3.14. The highest BCUT2D eigenvalue weighted by atomic mass is 35.5. The summed E-state index contributed by atoms with van der Waals surface area (Å²) in [5.41, 5.74) is 1.23. The van der Waals surface area contributed by atoms with Crippen molar-refractivity contribution in [3.63, 3.8) is 0 Å². The van der Waals surface area contributed by atoms with Crippen molar-refractivity contribution in [2.24, 2.45) is 0 Å². The van der Waals surface area contributed by atoms with E-state index in [0.717, 1.165) is 26.3 Å². The third kappa shape index (κ3) is 6.88. The Balaban J connectivity index is 1.91. The normalized spacial score (nSPS) is 11.5. The molecule has 6 nitrogen and oxygen atoms in total. The van der Waals surface area contributed by atoms with Crippen LogP contribution in [0.4, 0.5) is 10.1 Å². The van der Waals surface area contributed by atoms with Gasteiger partial charge in [0.15, 0.2) is 0 Å². The molecule has 0 aliphatic carbocycles. The van der Waals surface area contributed by atoms with Crippen LogP contribution in [0.1, 0.15) is 5.56 Å². The number of nitrogens with zero attached hydrogens (tertiary/aromatic N) is 2. The topological polar surface area (TPSA) is 69.7 Å². The molecule has 0 fully saturated rings. The van der Waals surface area contributed by atoms with Gasteiger partial charge in [-0.1, -0.05) is 29.8 Å². The first-order valence-corrected chi connectivity index (χ1v) is 11.7. The molecule has 2 rings (SSSR count). The van der Waals surface area contributed by atoms with Gasteiger partial charge >= 0.3 is 10.2 Å². The molecule has 10 heteroatoms. The van der Waals surface area contributed by atoms with Crippen LogP contribution >= 0.6 is 23.4 Å². The summed E-state index contributed by atoms with van der Waals surface area (Å²) in [6.45, 7) is -0.0193. The van der Waals surface area contributed by atoms with Crippen molar-refractivity contribution in [2.75, 3.05) is 37.2 Å². The zero-order valence-corrected chi connectivity index (χ0v) is 18.5. The molecule has 0 spiro atoms.